The average Bonchev–Trinajstić information content (AvgIpc) is 3.13. The molecular formula is C43H40O2P2. The van der Waals surface area contributed by atoms with Crippen molar-refractivity contribution in [2.45, 2.75) is 19.8 Å². The molecule has 6 rings (SSSR count). The molecule has 0 N–H and O–H groups in total. The topological polar surface area (TPSA) is 18.5 Å². The molecule has 0 spiro atoms. The molecule has 4 heteroatoms. The maximum atomic E-state index is 6.27. The van der Waals surface area contributed by atoms with E-state index in [-0.39, 0.29) is 0 Å². The molecule has 2 nitrogen and oxygen atoms in total. The van der Waals surface area contributed by atoms with E-state index in [1.807, 2.05) is 0 Å². The zero-order valence-electron chi connectivity index (χ0n) is 27.3. The van der Waals surface area contributed by atoms with Crippen molar-refractivity contribution in [1.29, 1.82) is 0 Å². The second-order valence-corrected chi connectivity index (χ2v) is 15.6. The minimum absolute atomic E-state index is 0.831. The van der Waals surface area contributed by atoms with E-state index in [4.69, 9.17) is 9.47 Å². The molecule has 234 valence electrons. The Balaban J connectivity index is 1.70. The van der Waals surface area contributed by atoms with Crippen molar-refractivity contribution in [3.05, 3.63) is 164 Å². The van der Waals surface area contributed by atoms with Crippen LogP contribution in [0.5, 0.6) is 11.5 Å². The van der Waals surface area contributed by atoms with E-state index in [1.165, 1.54) is 43.0 Å². The fourth-order valence-corrected chi connectivity index (χ4v) is 11.4. The maximum Gasteiger partial charge on any atom is 0.127 e. The Morgan fingerprint density at radius 1 is 0.489 bits per heavy atom. The third-order valence-electron chi connectivity index (χ3n) is 8.30. The normalized spacial score (nSPS) is 11.7. The van der Waals surface area contributed by atoms with Gasteiger partial charge in [-0.05, 0) is 77.4 Å². The standard InChI is InChI=1S/C43H40O2P2/c1-5-19-32(2)36-26-15-16-29-39(36)47(35-24-13-8-14-25-35)41-31-18-28-38(45-4)43(41)42-37(44-3)27-17-30-40(42)46(33-20-9-6-10-21-33)34-22-11-7-12-23-34/h6-18,20-31H,2,5,19H2,1,3-4H3. The quantitative estimate of drug-likeness (QED) is 0.123. The largest absolute Gasteiger partial charge is 0.496 e. The van der Waals surface area contributed by atoms with Gasteiger partial charge in [-0.15, -0.1) is 0 Å². The summed E-state index contributed by atoms with van der Waals surface area (Å²) in [6.45, 7) is 6.78. The number of hydrogen-bond donors (Lipinski definition) is 0. The summed E-state index contributed by atoms with van der Waals surface area (Å²) in [4.78, 5) is 0. The molecule has 0 saturated heterocycles. The van der Waals surface area contributed by atoms with Gasteiger partial charge in [0.2, 0.25) is 0 Å². The molecule has 6 aromatic carbocycles. The van der Waals surface area contributed by atoms with Gasteiger partial charge in [0, 0.05) is 11.1 Å². The molecule has 1 atom stereocenters. The zero-order valence-corrected chi connectivity index (χ0v) is 29.1. The predicted octanol–water partition coefficient (Wildman–Crippen LogP) is 8.70. The lowest BCUT2D eigenvalue weighted by molar-refractivity contribution is 0.411. The minimum atomic E-state index is -1.02. The summed E-state index contributed by atoms with van der Waals surface area (Å²) in [7, 11) is 1.59. The Morgan fingerprint density at radius 3 is 1.36 bits per heavy atom. The molecule has 0 fully saturated rings. The molecule has 6 aromatic rings. The summed E-state index contributed by atoms with van der Waals surface area (Å²) in [5.74, 6) is 1.66. The van der Waals surface area contributed by atoms with Crippen LogP contribution in [0.15, 0.2) is 158 Å². The summed E-state index contributed by atoms with van der Waals surface area (Å²) < 4.78 is 12.5. The van der Waals surface area contributed by atoms with Crippen molar-refractivity contribution >= 4 is 53.2 Å². The molecule has 1 unspecified atom stereocenters. The number of ether oxygens (including phenoxy) is 2. The molecule has 0 heterocycles. The fraction of sp³-hybridized carbons (Fsp3) is 0.116. The van der Waals surface area contributed by atoms with Gasteiger partial charge in [-0.25, -0.2) is 0 Å². The summed E-state index contributed by atoms with van der Waals surface area (Å²) in [6, 6.07) is 54.4. The highest BCUT2D eigenvalue weighted by Gasteiger charge is 2.30. The van der Waals surface area contributed by atoms with Crippen LogP contribution in [0.3, 0.4) is 0 Å². The first-order chi connectivity index (χ1) is 23.2. The van der Waals surface area contributed by atoms with Gasteiger partial charge in [0.1, 0.15) is 11.5 Å². The number of methoxy groups -OCH3 is 2. The van der Waals surface area contributed by atoms with E-state index in [0.717, 1.165) is 35.5 Å². The van der Waals surface area contributed by atoms with Gasteiger partial charge in [-0.2, -0.15) is 0 Å². The molecule has 0 aromatic heterocycles. The molecule has 0 aliphatic heterocycles. The maximum absolute atomic E-state index is 6.27. The van der Waals surface area contributed by atoms with Crippen molar-refractivity contribution in [3.63, 3.8) is 0 Å². The van der Waals surface area contributed by atoms with E-state index in [0.29, 0.717) is 0 Å². The second kappa shape index (κ2) is 15.4. The molecule has 0 amide bonds. The number of benzene rings is 6. The van der Waals surface area contributed by atoms with E-state index >= 15 is 0 Å². The third-order valence-corrected chi connectivity index (χ3v) is 13.3. The van der Waals surface area contributed by atoms with Gasteiger partial charge in [0.05, 0.1) is 14.2 Å². The molecule has 0 aliphatic rings. The summed E-state index contributed by atoms with van der Waals surface area (Å²) in [5.41, 5.74) is 4.56. The highest BCUT2D eigenvalue weighted by Crippen LogP contribution is 2.47. The van der Waals surface area contributed by atoms with Gasteiger partial charge in [-0.3, -0.25) is 0 Å². The molecule has 47 heavy (non-hydrogen) atoms. The van der Waals surface area contributed by atoms with E-state index in [1.54, 1.807) is 14.2 Å². The lowest BCUT2D eigenvalue weighted by Gasteiger charge is -2.29. The summed E-state index contributed by atoms with van der Waals surface area (Å²) in [5, 5.41) is 7.60. The van der Waals surface area contributed by atoms with Crippen LogP contribution in [0, 0.1) is 0 Å². The van der Waals surface area contributed by atoms with Gasteiger partial charge in [0.15, 0.2) is 0 Å². The Labute approximate surface area is 282 Å². The van der Waals surface area contributed by atoms with Crippen molar-refractivity contribution in [1.82, 2.24) is 0 Å². The van der Waals surface area contributed by atoms with Crippen LogP contribution < -0.4 is 41.3 Å². The van der Waals surface area contributed by atoms with Gasteiger partial charge in [0.25, 0.3) is 0 Å². The molecule has 0 aliphatic carbocycles. The lowest BCUT2D eigenvalue weighted by Crippen LogP contribution is -2.27. The summed E-state index contributed by atoms with van der Waals surface area (Å²) in [6.07, 6.45) is 2.00. The van der Waals surface area contributed by atoms with Crippen LogP contribution in [0.4, 0.5) is 0 Å². The van der Waals surface area contributed by atoms with Crippen LogP contribution in [-0.2, 0) is 0 Å². The lowest BCUT2D eigenvalue weighted by atomic mass is 10.0. The first-order valence-corrected chi connectivity index (χ1v) is 18.7. The Morgan fingerprint density at radius 2 is 0.894 bits per heavy atom. The van der Waals surface area contributed by atoms with Gasteiger partial charge >= 0.3 is 0 Å². The van der Waals surface area contributed by atoms with Crippen molar-refractivity contribution < 1.29 is 9.47 Å². The summed E-state index contributed by atoms with van der Waals surface area (Å²) >= 11 is 0. The Hall–Kier alpha value is -4.48. The van der Waals surface area contributed by atoms with Gasteiger partial charge < -0.3 is 9.47 Å². The second-order valence-electron chi connectivity index (χ2n) is 11.3. The fourth-order valence-electron chi connectivity index (χ4n) is 6.22. The Kier molecular flexibility index (Phi) is 10.6. The molecule has 0 saturated carbocycles. The van der Waals surface area contributed by atoms with Gasteiger partial charge in [-0.1, -0.05) is 159 Å². The SMILES string of the molecule is C=C(CCC)c1ccccc1P(c1ccccc1)c1cccc(OC)c1-c1c(OC)cccc1P(c1ccccc1)c1ccccc1. The van der Waals surface area contributed by atoms with E-state index < -0.39 is 15.8 Å². The molecule has 0 bridgehead atoms. The van der Waals surface area contributed by atoms with Crippen molar-refractivity contribution in [2.24, 2.45) is 0 Å². The molecular weight excluding hydrogens is 610 g/mol. The number of allylic oxidation sites excluding steroid dienone is 1. The van der Waals surface area contributed by atoms with Crippen molar-refractivity contribution in [3.8, 4) is 22.6 Å². The van der Waals surface area contributed by atoms with E-state index in [2.05, 4.69) is 165 Å². The average molecular weight is 651 g/mol. The smallest absolute Gasteiger partial charge is 0.127 e. The van der Waals surface area contributed by atoms with Crippen LogP contribution in [0.1, 0.15) is 25.3 Å². The molecule has 0 radical (unpaired) electrons. The zero-order chi connectivity index (χ0) is 32.6. The minimum Gasteiger partial charge on any atom is -0.496 e. The first kappa shape index (κ1) is 32.5. The number of rotatable bonds is 12. The highest BCUT2D eigenvalue weighted by atomic mass is 31.1. The first-order valence-electron chi connectivity index (χ1n) is 16.0. The van der Waals surface area contributed by atoms with Crippen LogP contribution in [0.2, 0.25) is 0 Å². The van der Waals surface area contributed by atoms with E-state index in [9.17, 15) is 0 Å². The van der Waals surface area contributed by atoms with Crippen LogP contribution >= 0.6 is 15.8 Å². The van der Waals surface area contributed by atoms with Crippen LogP contribution in [-0.4, -0.2) is 14.2 Å². The van der Waals surface area contributed by atoms with Crippen molar-refractivity contribution in [2.75, 3.05) is 14.2 Å². The monoisotopic (exact) mass is 650 g/mol. The van der Waals surface area contributed by atoms with Crippen LogP contribution in [0.25, 0.3) is 16.7 Å². The third kappa shape index (κ3) is 6.82. The Bertz CT molecular complexity index is 1900. The predicted molar refractivity (Wildman–Crippen MR) is 206 cm³/mol. The highest BCUT2D eigenvalue weighted by molar-refractivity contribution is 7.81. The number of hydrogen-bond acceptors (Lipinski definition) is 2.